The topological polar surface area (TPSA) is 82.1 Å². The number of hydrogen-bond donors (Lipinski definition) is 1. The molecule has 0 aliphatic carbocycles. The first-order valence-electron chi connectivity index (χ1n) is 5.70. The van der Waals surface area contributed by atoms with Crippen molar-refractivity contribution in [1.29, 1.82) is 0 Å². The first-order valence-corrected chi connectivity index (χ1v) is 5.70. The number of carbonyl (C=O) groups is 3. The van der Waals surface area contributed by atoms with E-state index in [9.17, 15) is 14.4 Å². The molecule has 0 radical (unpaired) electrons. The normalized spacial score (nSPS) is 21.0. The van der Waals surface area contributed by atoms with E-state index in [1.807, 2.05) is 19.0 Å². The Kier molecular flexibility index (Phi) is 4.96. The smallest absolute Gasteiger partial charge is 0.309 e. The molecule has 1 aliphatic rings. The summed E-state index contributed by atoms with van der Waals surface area (Å²) in [7, 11) is 5.25. The fourth-order valence-corrected chi connectivity index (χ4v) is 1.48. The van der Waals surface area contributed by atoms with Gasteiger partial charge in [0.25, 0.3) is 0 Å². The van der Waals surface area contributed by atoms with Crippen molar-refractivity contribution < 1.29 is 14.4 Å². The van der Waals surface area contributed by atoms with Crippen LogP contribution >= 0.6 is 0 Å². The van der Waals surface area contributed by atoms with Crippen LogP contribution in [0.5, 0.6) is 0 Å². The molecule has 100 valence electrons. The van der Waals surface area contributed by atoms with E-state index in [2.05, 4.69) is 10.3 Å². The summed E-state index contributed by atoms with van der Waals surface area (Å²) < 4.78 is 0. The van der Waals surface area contributed by atoms with Gasteiger partial charge in [0.1, 0.15) is 0 Å². The van der Waals surface area contributed by atoms with Crippen molar-refractivity contribution in [2.24, 2.45) is 10.9 Å². The lowest BCUT2D eigenvalue weighted by molar-refractivity contribution is -0.138. The summed E-state index contributed by atoms with van der Waals surface area (Å²) in [6.07, 6.45) is 2.16. The Labute approximate surface area is 106 Å². The number of imide groups is 2. The minimum Gasteiger partial charge on any atom is -0.309 e. The zero-order valence-corrected chi connectivity index (χ0v) is 10.8. The SMILES string of the molecule is CN(C)CCCN=C[C@@H]1C(=O)NC(=O)N(C)C1=O. The van der Waals surface area contributed by atoms with Crippen LogP contribution in [0.15, 0.2) is 4.99 Å². The van der Waals surface area contributed by atoms with Crippen molar-refractivity contribution in [3.63, 3.8) is 0 Å². The molecule has 1 saturated heterocycles. The molecule has 18 heavy (non-hydrogen) atoms. The lowest BCUT2D eigenvalue weighted by atomic mass is 10.1. The Morgan fingerprint density at radius 3 is 2.67 bits per heavy atom. The number of hydrogen-bond acceptors (Lipinski definition) is 5. The molecule has 0 aromatic rings. The third kappa shape index (κ3) is 3.63. The molecule has 1 heterocycles. The molecular weight excluding hydrogens is 236 g/mol. The van der Waals surface area contributed by atoms with Gasteiger partial charge in [0, 0.05) is 19.8 Å². The number of nitrogens with zero attached hydrogens (tertiary/aromatic N) is 3. The van der Waals surface area contributed by atoms with Crippen LogP contribution in [0, 0.1) is 5.92 Å². The van der Waals surface area contributed by atoms with Crippen LogP contribution in [-0.4, -0.2) is 68.1 Å². The molecule has 0 spiro atoms. The summed E-state index contributed by atoms with van der Waals surface area (Å²) in [6, 6.07) is -0.692. The predicted molar refractivity (Wildman–Crippen MR) is 66.3 cm³/mol. The Bertz CT molecular complexity index is 378. The van der Waals surface area contributed by atoms with Crippen LogP contribution in [0.25, 0.3) is 0 Å². The van der Waals surface area contributed by atoms with Crippen LogP contribution in [0.1, 0.15) is 6.42 Å². The first kappa shape index (κ1) is 14.3. The molecule has 4 amide bonds. The summed E-state index contributed by atoms with van der Waals surface area (Å²) in [4.78, 5) is 41.2. The van der Waals surface area contributed by atoms with E-state index in [1.54, 1.807) is 0 Å². The Hall–Kier alpha value is -1.76. The van der Waals surface area contributed by atoms with Gasteiger partial charge in [0.15, 0.2) is 5.92 Å². The highest BCUT2D eigenvalue weighted by molar-refractivity contribution is 6.23. The quantitative estimate of drug-likeness (QED) is 0.401. The molecule has 0 aromatic carbocycles. The van der Waals surface area contributed by atoms with Crippen molar-refractivity contribution in [2.45, 2.75) is 6.42 Å². The lowest BCUT2D eigenvalue weighted by Crippen LogP contribution is -2.56. The number of nitrogens with one attached hydrogen (secondary N) is 1. The van der Waals surface area contributed by atoms with E-state index in [0.29, 0.717) is 6.54 Å². The van der Waals surface area contributed by atoms with Gasteiger partial charge in [-0.05, 0) is 27.1 Å². The third-order valence-electron chi connectivity index (χ3n) is 2.56. The third-order valence-corrected chi connectivity index (χ3v) is 2.56. The summed E-state index contributed by atoms with van der Waals surface area (Å²) >= 11 is 0. The number of aliphatic imine (C=N–C) groups is 1. The van der Waals surface area contributed by atoms with E-state index in [-0.39, 0.29) is 0 Å². The highest BCUT2D eigenvalue weighted by Crippen LogP contribution is 2.06. The summed E-state index contributed by atoms with van der Waals surface area (Å²) in [5.74, 6) is -2.15. The number of barbiturate groups is 1. The summed E-state index contributed by atoms with van der Waals surface area (Å²) in [5.41, 5.74) is 0. The second-order valence-corrected chi connectivity index (χ2v) is 4.38. The summed E-state index contributed by atoms with van der Waals surface area (Å²) in [5, 5.41) is 2.10. The molecule has 1 aliphatic heterocycles. The fraction of sp³-hybridized carbons (Fsp3) is 0.636. The average molecular weight is 254 g/mol. The van der Waals surface area contributed by atoms with E-state index in [4.69, 9.17) is 0 Å². The second kappa shape index (κ2) is 6.25. The standard InChI is InChI=1S/C11H18N4O3/c1-14(2)6-4-5-12-7-8-9(16)13-11(18)15(3)10(8)17/h7-8H,4-6H2,1-3H3,(H,13,16,18)/t8-/m1/s1. The van der Waals surface area contributed by atoms with Crippen LogP contribution in [0.4, 0.5) is 4.79 Å². The van der Waals surface area contributed by atoms with E-state index in [1.165, 1.54) is 13.3 Å². The Morgan fingerprint density at radius 2 is 2.06 bits per heavy atom. The van der Waals surface area contributed by atoms with Crippen molar-refractivity contribution in [1.82, 2.24) is 15.1 Å². The number of carbonyl (C=O) groups excluding carboxylic acids is 3. The molecule has 0 unspecified atom stereocenters. The average Bonchev–Trinajstić information content (AvgIpc) is 2.29. The van der Waals surface area contributed by atoms with Crippen molar-refractivity contribution in [2.75, 3.05) is 34.2 Å². The van der Waals surface area contributed by atoms with Gasteiger partial charge in [-0.25, -0.2) is 4.79 Å². The molecule has 1 N–H and O–H groups in total. The Balaban J connectivity index is 2.50. The van der Waals surface area contributed by atoms with Gasteiger partial charge >= 0.3 is 6.03 Å². The van der Waals surface area contributed by atoms with E-state index >= 15 is 0 Å². The molecular formula is C11H18N4O3. The molecule has 1 rings (SSSR count). The molecule has 1 fully saturated rings. The van der Waals surface area contributed by atoms with Crippen molar-refractivity contribution in [3.05, 3.63) is 0 Å². The van der Waals surface area contributed by atoms with Crippen LogP contribution in [0.2, 0.25) is 0 Å². The van der Waals surface area contributed by atoms with E-state index < -0.39 is 23.8 Å². The monoisotopic (exact) mass is 254 g/mol. The highest BCUT2D eigenvalue weighted by atomic mass is 16.2. The molecule has 7 heteroatoms. The predicted octanol–water partition coefficient (Wildman–Crippen LogP) is -0.667. The molecule has 0 aromatic heterocycles. The number of urea groups is 1. The lowest BCUT2D eigenvalue weighted by Gasteiger charge is -2.24. The molecule has 1 atom stereocenters. The second-order valence-electron chi connectivity index (χ2n) is 4.38. The zero-order chi connectivity index (χ0) is 13.7. The first-order chi connectivity index (χ1) is 8.43. The highest BCUT2D eigenvalue weighted by Gasteiger charge is 2.37. The maximum Gasteiger partial charge on any atom is 0.330 e. The van der Waals surface area contributed by atoms with Crippen molar-refractivity contribution >= 4 is 24.1 Å². The van der Waals surface area contributed by atoms with Gasteiger partial charge < -0.3 is 4.90 Å². The van der Waals surface area contributed by atoms with Gasteiger partial charge in [-0.15, -0.1) is 0 Å². The van der Waals surface area contributed by atoms with Gasteiger partial charge in [-0.3, -0.25) is 24.8 Å². The fourth-order valence-electron chi connectivity index (χ4n) is 1.48. The molecule has 0 saturated carbocycles. The van der Waals surface area contributed by atoms with Crippen LogP contribution < -0.4 is 5.32 Å². The van der Waals surface area contributed by atoms with Gasteiger partial charge in [0.05, 0.1) is 0 Å². The zero-order valence-electron chi connectivity index (χ0n) is 10.8. The van der Waals surface area contributed by atoms with Crippen molar-refractivity contribution in [3.8, 4) is 0 Å². The number of amides is 4. The minimum atomic E-state index is -0.993. The van der Waals surface area contributed by atoms with Gasteiger partial charge in [-0.1, -0.05) is 0 Å². The maximum absolute atomic E-state index is 11.7. The van der Waals surface area contributed by atoms with Gasteiger partial charge in [0.2, 0.25) is 11.8 Å². The van der Waals surface area contributed by atoms with Crippen LogP contribution in [0.3, 0.4) is 0 Å². The van der Waals surface area contributed by atoms with Crippen LogP contribution in [-0.2, 0) is 9.59 Å². The maximum atomic E-state index is 11.7. The largest absolute Gasteiger partial charge is 0.330 e. The van der Waals surface area contributed by atoms with Gasteiger partial charge in [-0.2, -0.15) is 0 Å². The minimum absolute atomic E-state index is 0.542. The Morgan fingerprint density at radius 1 is 1.39 bits per heavy atom. The molecule has 0 bridgehead atoms. The molecule has 7 nitrogen and oxygen atoms in total. The number of rotatable bonds is 5. The summed E-state index contributed by atoms with van der Waals surface area (Å²) in [6.45, 7) is 1.44. The van der Waals surface area contributed by atoms with E-state index in [0.717, 1.165) is 17.9 Å².